The Kier molecular flexibility index (Phi) is 5.25. The Bertz CT molecular complexity index is 553. The van der Waals surface area contributed by atoms with E-state index in [2.05, 4.69) is 0 Å². The van der Waals surface area contributed by atoms with E-state index < -0.39 is 5.97 Å². The summed E-state index contributed by atoms with van der Waals surface area (Å²) in [6.45, 7) is 0.745. The van der Waals surface area contributed by atoms with E-state index in [4.69, 9.17) is 14.6 Å². The average molecular weight is 307 g/mol. The van der Waals surface area contributed by atoms with E-state index >= 15 is 0 Å². The first-order chi connectivity index (χ1) is 10.5. The number of carboxylic acids is 1. The lowest BCUT2D eigenvalue weighted by atomic mass is 10.1. The number of carboxylic acid groups (broad SMARTS) is 1. The number of carbonyl (C=O) groups is 2. The number of nitrogens with zero attached hydrogens (tertiary/aromatic N) is 1. The van der Waals surface area contributed by atoms with Crippen molar-refractivity contribution in [2.75, 3.05) is 27.3 Å². The lowest BCUT2D eigenvalue weighted by Crippen LogP contribution is -2.29. The summed E-state index contributed by atoms with van der Waals surface area (Å²) in [5.41, 5.74) is 0.425. The number of amides is 1. The smallest absolute Gasteiger partial charge is 0.305 e. The molecule has 1 N–H and O–H groups in total. The molecule has 1 aromatic rings. The van der Waals surface area contributed by atoms with Crippen molar-refractivity contribution in [3.05, 3.63) is 23.8 Å². The molecule has 0 atom stereocenters. The third kappa shape index (κ3) is 4.38. The Labute approximate surface area is 129 Å². The first-order valence-electron chi connectivity index (χ1n) is 7.29. The second kappa shape index (κ2) is 7.15. The summed E-state index contributed by atoms with van der Waals surface area (Å²) < 4.78 is 10.9. The van der Waals surface area contributed by atoms with E-state index in [1.54, 1.807) is 32.4 Å². The van der Waals surface area contributed by atoms with Crippen LogP contribution in [0.1, 0.15) is 29.6 Å². The maximum absolute atomic E-state index is 12.5. The van der Waals surface area contributed by atoms with Crippen molar-refractivity contribution in [3.63, 3.8) is 0 Å². The number of rotatable bonds is 8. The molecule has 1 aromatic carbocycles. The number of methoxy groups -OCH3 is 1. The highest BCUT2D eigenvalue weighted by Crippen LogP contribution is 2.32. The van der Waals surface area contributed by atoms with Gasteiger partial charge in [0.15, 0.2) is 0 Å². The van der Waals surface area contributed by atoms with Gasteiger partial charge in [0.2, 0.25) is 0 Å². The fraction of sp³-hybridized carbons (Fsp3) is 0.500. The van der Waals surface area contributed by atoms with Crippen molar-refractivity contribution in [1.29, 1.82) is 0 Å². The van der Waals surface area contributed by atoms with Crippen LogP contribution >= 0.6 is 0 Å². The Balaban J connectivity index is 2.12. The minimum atomic E-state index is -0.931. The standard InChI is InChI=1S/C16H21NO5/c1-17(8-7-15(18)19)16(20)13-6-5-12(21-2)9-14(13)22-10-11-3-4-11/h5-6,9,11H,3-4,7-8,10H2,1-2H3,(H,18,19). The zero-order valence-electron chi connectivity index (χ0n) is 12.9. The molecule has 2 rings (SSSR count). The number of carbonyl (C=O) groups excluding carboxylic acids is 1. The van der Waals surface area contributed by atoms with Crippen LogP contribution in [0.4, 0.5) is 0 Å². The minimum absolute atomic E-state index is 0.0866. The van der Waals surface area contributed by atoms with Crippen molar-refractivity contribution >= 4 is 11.9 Å². The van der Waals surface area contributed by atoms with Gasteiger partial charge in [0, 0.05) is 19.7 Å². The van der Waals surface area contributed by atoms with E-state index in [-0.39, 0.29) is 18.9 Å². The first-order valence-corrected chi connectivity index (χ1v) is 7.29. The van der Waals surface area contributed by atoms with Crippen LogP contribution in [0.25, 0.3) is 0 Å². The van der Waals surface area contributed by atoms with Crippen LogP contribution in [-0.2, 0) is 4.79 Å². The Morgan fingerprint density at radius 3 is 2.68 bits per heavy atom. The van der Waals surface area contributed by atoms with E-state index in [0.717, 1.165) is 12.8 Å². The highest BCUT2D eigenvalue weighted by Gasteiger charge is 2.24. The van der Waals surface area contributed by atoms with Crippen molar-refractivity contribution in [2.24, 2.45) is 5.92 Å². The van der Waals surface area contributed by atoms with E-state index in [1.165, 1.54) is 4.90 Å². The molecule has 0 saturated heterocycles. The molecule has 22 heavy (non-hydrogen) atoms. The Morgan fingerprint density at radius 2 is 2.09 bits per heavy atom. The molecule has 120 valence electrons. The van der Waals surface area contributed by atoms with Gasteiger partial charge in [-0.05, 0) is 30.9 Å². The number of benzene rings is 1. The van der Waals surface area contributed by atoms with E-state index in [0.29, 0.717) is 29.6 Å². The quantitative estimate of drug-likeness (QED) is 0.795. The number of hydrogen-bond donors (Lipinski definition) is 1. The monoisotopic (exact) mass is 307 g/mol. The van der Waals surface area contributed by atoms with Crippen LogP contribution in [-0.4, -0.2) is 49.2 Å². The number of ether oxygens (including phenoxy) is 2. The Morgan fingerprint density at radius 1 is 1.36 bits per heavy atom. The number of hydrogen-bond acceptors (Lipinski definition) is 4. The minimum Gasteiger partial charge on any atom is -0.497 e. The Hall–Kier alpha value is -2.24. The summed E-state index contributed by atoms with van der Waals surface area (Å²) in [6.07, 6.45) is 2.23. The van der Waals surface area contributed by atoms with Gasteiger partial charge < -0.3 is 19.5 Å². The summed E-state index contributed by atoms with van der Waals surface area (Å²) in [5.74, 6) is 0.488. The molecule has 0 unspecified atom stereocenters. The van der Waals surface area contributed by atoms with Gasteiger partial charge >= 0.3 is 5.97 Å². The SMILES string of the molecule is COc1ccc(C(=O)N(C)CCC(=O)O)c(OCC2CC2)c1. The first kappa shape index (κ1) is 16.1. The molecule has 0 aromatic heterocycles. The third-order valence-corrected chi connectivity index (χ3v) is 3.60. The molecule has 6 nitrogen and oxygen atoms in total. The molecular formula is C16H21NO5. The fourth-order valence-electron chi connectivity index (χ4n) is 1.99. The lowest BCUT2D eigenvalue weighted by molar-refractivity contribution is -0.137. The van der Waals surface area contributed by atoms with Crippen molar-refractivity contribution in [2.45, 2.75) is 19.3 Å². The topological polar surface area (TPSA) is 76.1 Å². The highest BCUT2D eigenvalue weighted by atomic mass is 16.5. The molecular weight excluding hydrogens is 286 g/mol. The van der Waals surface area contributed by atoms with Gasteiger partial charge in [-0.25, -0.2) is 0 Å². The predicted molar refractivity (Wildman–Crippen MR) is 80.4 cm³/mol. The van der Waals surface area contributed by atoms with Gasteiger partial charge in [0.25, 0.3) is 5.91 Å². The molecule has 1 fully saturated rings. The van der Waals surface area contributed by atoms with Crippen LogP contribution in [0.5, 0.6) is 11.5 Å². The normalized spacial score (nSPS) is 13.5. The molecule has 0 spiro atoms. The van der Waals surface area contributed by atoms with Crippen molar-refractivity contribution in [1.82, 2.24) is 4.90 Å². The summed E-state index contributed by atoms with van der Waals surface area (Å²) in [7, 11) is 3.14. The molecule has 0 bridgehead atoms. The molecule has 6 heteroatoms. The van der Waals surface area contributed by atoms with Crippen LogP contribution in [0.15, 0.2) is 18.2 Å². The summed E-state index contributed by atoms with van der Waals surface area (Å²) >= 11 is 0. The van der Waals surface area contributed by atoms with Crippen LogP contribution in [0, 0.1) is 5.92 Å². The molecule has 1 aliphatic rings. The summed E-state index contributed by atoms with van der Waals surface area (Å²) in [5, 5.41) is 8.71. The highest BCUT2D eigenvalue weighted by molar-refractivity contribution is 5.97. The number of aliphatic carboxylic acids is 1. The lowest BCUT2D eigenvalue weighted by Gasteiger charge is -2.19. The van der Waals surface area contributed by atoms with Crippen LogP contribution in [0.2, 0.25) is 0 Å². The second-order valence-electron chi connectivity index (χ2n) is 5.49. The van der Waals surface area contributed by atoms with Gasteiger partial charge in [0.1, 0.15) is 11.5 Å². The van der Waals surface area contributed by atoms with Gasteiger partial charge in [0.05, 0.1) is 25.7 Å². The van der Waals surface area contributed by atoms with E-state index in [1.807, 2.05) is 0 Å². The maximum atomic E-state index is 12.5. The molecule has 0 radical (unpaired) electrons. The van der Waals surface area contributed by atoms with Crippen LogP contribution < -0.4 is 9.47 Å². The molecule has 0 heterocycles. The van der Waals surface area contributed by atoms with Gasteiger partial charge in [-0.3, -0.25) is 9.59 Å². The van der Waals surface area contributed by atoms with Crippen molar-refractivity contribution < 1.29 is 24.2 Å². The molecule has 0 aliphatic heterocycles. The van der Waals surface area contributed by atoms with Gasteiger partial charge in [-0.2, -0.15) is 0 Å². The van der Waals surface area contributed by atoms with Crippen LogP contribution in [0.3, 0.4) is 0 Å². The predicted octanol–water partition coefficient (Wildman–Crippen LogP) is 2.03. The summed E-state index contributed by atoms with van der Waals surface area (Å²) in [6, 6.07) is 5.05. The average Bonchev–Trinajstić information content (AvgIpc) is 3.33. The molecule has 1 saturated carbocycles. The molecule has 1 amide bonds. The fourth-order valence-corrected chi connectivity index (χ4v) is 1.99. The zero-order chi connectivity index (χ0) is 16.1. The third-order valence-electron chi connectivity index (χ3n) is 3.60. The largest absolute Gasteiger partial charge is 0.497 e. The van der Waals surface area contributed by atoms with Crippen molar-refractivity contribution in [3.8, 4) is 11.5 Å². The van der Waals surface area contributed by atoms with E-state index in [9.17, 15) is 9.59 Å². The maximum Gasteiger partial charge on any atom is 0.305 e. The molecule has 1 aliphatic carbocycles. The zero-order valence-corrected chi connectivity index (χ0v) is 12.9. The van der Waals surface area contributed by atoms with Gasteiger partial charge in [-0.1, -0.05) is 0 Å². The van der Waals surface area contributed by atoms with Gasteiger partial charge in [-0.15, -0.1) is 0 Å². The second-order valence-corrected chi connectivity index (χ2v) is 5.49. The summed E-state index contributed by atoms with van der Waals surface area (Å²) in [4.78, 5) is 24.5.